The molecule has 0 aliphatic carbocycles. The predicted molar refractivity (Wildman–Crippen MR) is 97.4 cm³/mol. The Morgan fingerprint density at radius 1 is 1.31 bits per heavy atom. The molecule has 7 nitrogen and oxygen atoms in total. The van der Waals surface area contributed by atoms with E-state index in [1.54, 1.807) is 35.9 Å². The van der Waals surface area contributed by atoms with E-state index in [1.165, 1.54) is 23.5 Å². The van der Waals surface area contributed by atoms with Crippen molar-refractivity contribution in [2.75, 3.05) is 25.5 Å². The highest BCUT2D eigenvalue weighted by Gasteiger charge is 2.26. The molecule has 9 heteroatoms. The summed E-state index contributed by atoms with van der Waals surface area (Å²) in [7, 11) is 1.73. The number of piperidine rings is 1. The van der Waals surface area contributed by atoms with Gasteiger partial charge in [0.15, 0.2) is 0 Å². The lowest BCUT2D eigenvalue weighted by molar-refractivity contribution is -0.130. The number of benzene rings is 1. The van der Waals surface area contributed by atoms with E-state index in [4.69, 9.17) is 0 Å². The van der Waals surface area contributed by atoms with Gasteiger partial charge < -0.3 is 9.80 Å². The van der Waals surface area contributed by atoms with E-state index in [9.17, 15) is 14.0 Å². The second-order valence-corrected chi connectivity index (χ2v) is 7.18. The topological polar surface area (TPSA) is 78.4 Å². The highest BCUT2D eigenvalue weighted by molar-refractivity contribution is 7.18. The monoisotopic (exact) mass is 377 g/mol. The van der Waals surface area contributed by atoms with E-state index >= 15 is 0 Å². The van der Waals surface area contributed by atoms with Crippen molar-refractivity contribution >= 4 is 28.4 Å². The van der Waals surface area contributed by atoms with Crippen molar-refractivity contribution in [1.82, 2.24) is 20.0 Å². The molecule has 138 valence electrons. The van der Waals surface area contributed by atoms with Gasteiger partial charge in [0.1, 0.15) is 10.8 Å². The number of hydrogen-bond acceptors (Lipinski definition) is 5. The minimum Gasteiger partial charge on any atom is -0.343 e. The number of urea groups is 1. The Balaban J connectivity index is 1.59. The highest BCUT2D eigenvalue weighted by Crippen LogP contribution is 2.27. The van der Waals surface area contributed by atoms with Crippen LogP contribution in [0.15, 0.2) is 24.3 Å². The van der Waals surface area contributed by atoms with Gasteiger partial charge in [-0.1, -0.05) is 23.5 Å². The van der Waals surface area contributed by atoms with Crippen molar-refractivity contribution in [3.05, 3.63) is 30.1 Å². The molecular weight excluding hydrogens is 357 g/mol. The van der Waals surface area contributed by atoms with Gasteiger partial charge in [0.05, 0.1) is 0 Å². The van der Waals surface area contributed by atoms with Crippen molar-refractivity contribution in [3.8, 4) is 10.6 Å². The number of likely N-dealkylation sites (tertiary alicyclic amines) is 1. The molecule has 1 aromatic heterocycles. The summed E-state index contributed by atoms with van der Waals surface area (Å²) in [6.45, 7) is 2.86. The number of nitrogens with zero attached hydrogens (tertiary/aromatic N) is 4. The summed E-state index contributed by atoms with van der Waals surface area (Å²) in [5.41, 5.74) is 0.618. The Hall–Kier alpha value is -2.55. The third kappa shape index (κ3) is 4.16. The Morgan fingerprint density at radius 2 is 2.04 bits per heavy atom. The van der Waals surface area contributed by atoms with Gasteiger partial charge in [-0.3, -0.25) is 10.1 Å². The van der Waals surface area contributed by atoms with Gasteiger partial charge in [-0.2, -0.15) is 0 Å². The molecule has 0 spiro atoms. The van der Waals surface area contributed by atoms with Gasteiger partial charge in [0.2, 0.25) is 11.0 Å². The second-order valence-electron chi connectivity index (χ2n) is 6.20. The lowest BCUT2D eigenvalue weighted by Gasteiger charge is -2.36. The minimum absolute atomic E-state index is 0.0642. The van der Waals surface area contributed by atoms with Crippen LogP contribution in [0.5, 0.6) is 0 Å². The average molecular weight is 377 g/mol. The third-order valence-electron chi connectivity index (χ3n) is 4.49. The molecule has 1 aliphatic rings. The van der Waals surface area contributed by atoms with Crippen LogP contribution < -0.4 is 5.32 Å². The summed E-state index contributed by atoms with van der Waals surface area (Å²) < 4.78 is 13.3. The molecule has 0 unspecified atom stereocenters. The van der Waals surface area contributed by atoms with Crippen molar-refractivity contribution in [2.45, 2.75) is 25.8 Å². The summed E-state index contributed by atoms with van der Waals surface area (Å²) in [6, 6.07) is 5.88. The van der Waals surface area contributed by atoms with E-state index in [2.05, 4.69) is 15.5 Å². The molecule has 0 bridgehead atoms. The second kappa shape index (κ2) is 7.77. The van der Waals surface area contributed by atoms with Crippen molar-refractivity contribution in [2.24, 2.45) is 0 Å². The molecule has 1 aliphatic heterocycles. The van der Waals surface area contributed by atoms with E-state index in [0.29, 0.717) is 28.8 Å². The molecular formula is C17H20FN5O2S. The molecule has 1 aromatic carbocycles. The van der Waals surface area contributed by atoms with Crippen molar-refractivity contribution < 1.29 is 14.0 Å². The van der Waals surface area contributed by atoms with Crippen LogP contribution >= 0.6 is 11.3 Å². The first-order valence-electron chi connectivity index (χ1n) is 8.33. The first-order chi connectivity index (χ1) is 12.4. The molecule has 0 saturated carbocycles. The maximum atomic E-state index is 13.3. The molecule has 1 saturated heterocycles. The summed E-state index contributed by atoms with van der Waals surface area (Å²) in [6.07, 6.45) is 1.49. The zero-order valence-corrected chi connectivity index (χ0v) is 15.4. The van der Waals surface area contributed by atoms with Crippen LogP contribution in [0.2, 0.25) is 0 Å². The van der Waals surface area contributed by atoms with Crippen molar-refractivity contribution in [1.29, 1.82) is 0 Å². The third-order valence-corrected chi connectivity index (χ3v) is 5.38. The highest BCUT2D eigenvalue weighted by atomic mass is 32.1. The van der Waals surface area contributed by atoms with Gasteiger partial charge in [-0.05, 0) is 25.0 Å². The number of anilines is 1. The van der Waals surface area contributed by atoms with Gasteiger partial charge in [-0.25, -0.2) is 9.18 Å². The fraction of sp³-hybridized carbons (Fsp3) is 0.412. The molecule has 2 aromatic rings. The van der Waals surface area contributed by atoms with Gasteiger partial charge in [0, 0.05) is 38.7 Å². The number of aromatic nitrogens is 2. The van der Waals surface area contributed by atoms with Crippen molar-refractivity contribution in [3.63, 3.8) is 0 Å². The molecule has 1 fully saturated rings. The number of rotatable bonds is 3. The predicted octanol–water partition coefficient (Wildman–Crippen LogP) is 2.82. The molecule has 2 heterocycles. The Morgan fingerprint density at radius 3 is 2.69 bits per heavy atom. The van der Waals surface area contributed by atoms with Crippen LogP contribution in [0.3, 0.4) is 0 Å². The van der Waals surface area contributed by atoms with E-state index in [-0.39, 0.29) is 23.8 Å². The number of carbonyl (C=O) groups excluding carboxylic acids is 2. The lowest BCUT2D eigenvalue weighted by atomic mass is 10.0. The zero-order valence-electron chi connectivity index (χ0n) is 14.6. The summed E-state index contributed by atoms with van der Waals surface area (Å²) >= 11 is 1.19. The molecule has 26 heavy (non-hydrogen) atoms. The molecule has 0 atom stereocenters. The molecule has 0 radical (unpaired) electrons. The van der Waals surface area contributed by atoms with Crippen LogP contribution in [-0.2, 0) is 4.79 Å². The largest absolute Gasteiger partial charge is 0.343 e. The Bertz CT molecular complexity index is 804. The molecule has 1 N–H and O–H groups in total. The first kappa shape index (κ1) is 18.2. The number of nitrogens with one attached hydrogen (secondary N) is 1. The van der Waals surface area contributed by atoms with E-state index in [1.807, 2.05) is 0 Å². The van der Waals surface area contributed by atoms with Crippen LogP contribution in [0.1, 0.15) is 19.8 Å². The quantitative estimate of drug-likeness (QED) is 0.892. The van der Waals surface area contributed by atoms with Crippen LogP contribution in [-0.4, -0.2) is 58.1 Å². The fourth-order valence-electron chi connectivity index (χ4n) is 2.93. The SMILES string of the molecule is CC(=O)N1CCC(N(C)C(=O)Nc2nnc(-c3cccc(F)c3)s2)CC1. The maximum Gasteiger partial charge on any atom is 0.323 e. The number of carbonyl (C=O) groups is 2. The van der Waals surface area contributed by atoms with Gasteiger partial charge in [0.25, 0.3) is 0 Å². The number of hydrogen-bond donors (Lipinski definition) is 1. The standard InChI is InChI=1S/C17H20FN5O2S/c1-11(24)23-8-6-14(7-9-23)22(2)17(25)19-16-21-20-15(26-16)12-4-3-5-13(18)10-12/h3-5,10,14H,6-9H2,1-2H3,(H,19,21,25). The maximum absolute atomic E-state index is 13.3. The molecule has 3 rings (SSSR count). The minimum atomic E-state index is -0.347. The fourth-order valence-corrected chi connectivity index (χ4v) is 3.66. The van der Waals surface area contributed by atoms with Crippen LogP contribution in [0.4, 0.5) is 14.3 Å². The van der Waals surface area contributed by atoms with E-state index in [0.717, 1.165) is 12.8 Å². The molecule has 3 amide bonds. The lowest BCUT2D eigenvalue weighted by Crippen LogP contribution is -2.47. The van der Waals surface area contributed by atoms with E-state index < -0.39 is 0 Å². The summed E-state index contributed by atoms with van der Waals surface area (Å²) in [4.78, 5) is 27.3. The normalized spacial score (nSPS) is 15.0. The summed E-state index contributed by atoms with van der Waals surface area (Å²) in [5.74, 6) is -0.283. The average Bonchev–Trinajstić information content (AvgIpc) is 3.09. The Labute approximate surface area is 154 Å². The number of halogens is 1. The summed E-state index contributed by atoms with van der Waals surface area (Å²) in [5, 5.41) is 11.6. The van der Waals surface area contributed by atoms with Crippen LogP contribution in [0, 0.1) is 5.82 Å². The van der Waals surface area contributed by atoms with Gasteiger partial charge >= 0.3 is 6.03 Å². The Kier molecular flexibility index (Phi) is 5.46. The van der Waals surface area contributed by atoms with Crippen LogP contribution in [0.25, 0.3) is 10.6 Å². The number of amides is 3. The first-order valence-corrected chi connectivity index (χ1v) is 9.14. The smallest absolute Gasteiger partial charge is 0.323 e. The zero-order chi connectivity index (χ0) is 18.7. The van der Waals surface area contributed by atoms with Gasteiger partial charge in [-0.15, -0.1) is 10.2 Å².